The van der Waals surface area contributed by atoms with Crippen molar-refractivity contribution in [3.8, 4) is 11.3 Å². The van der Waals surface area contributed by atoms with Crippen molar-refractivity contribution in [3.05, 3.63) is 94.3 Å². The van der Waals surface area contributed by atoms with E-state index in [0.29, 0.717) is 72.0 Å². The van der Waals surface area contributed by atoms with E-state index in [2.05, 4.69) is 14.8 Å². The number of carbonyl (C=O) groups excluding carboxylic acids is 2. The maximum Gasteiger partial charge on any atom is 0.337 e. The first-order valence-electron chi connectivity index (χ1n) is 15.6. The number of methoxy groups -OCH3 is 1. The van der Waals surface area contributed by atoms with Crippen molar-refractivity contribution in [1.29, 1.82) is 0 Å². The van der Waals surface area contributed by atoms with Crippen molar-refractivity contribution in [1.82, 2.24) is 10.0 Å². The van der Waals surface area contributed by atoms with Gasteiger partial charge in [0, 0.05) is 24.5 Å². The molecule has 13 heteroatoms. The number of benzene rings is 3. The quantitative estimate of drug-likeness (QED) is 0.110. The number of sulfonamides is 1. The number of ether oxygens (including phenoxy) is 4. The molecule has 1 saturated carbocycles. The Morgan fingerprint density at radius 3 is 2.23 bits per heavy atom. The normalized spacial score (nSPS) is 13.1. The molecule has 1 aliphatic rings. The molecule has 0 saturated heterocycles. The zero-order valence-corrected chi connectivity index (χ0v) is 27.7. The van der Waals surface area contributed by atoms with E-state index in [1.165, 1.54) is 38.4 Å². The first-order valence-corrected chi connectivity index (χ1v) is 17.3. The average Bonchev–Trinajstić information content (AvgIpc) is 3.87. The number of halogens is 1. The highest BCUT2D eigenvalue weighted by atomic mass is 32.2. The molecule has 1 amide bonds. The summed E-state index contributed by atoms with van der Waals surface area (Å²) in [6.07, 6.45) is 1.86. The number of fused-ring (bicyclic) bond motifs is 1. The Bertz CT molecular complexity index is 1820. The molecule has 1 fully saturated rings. The van der Waals surface area contributed by atoms with Crippen LogP contribution in [0.2, 0.25) is 0 Å². The molecule has 1 heterocycles. The lowest BCUT2D eigenvalue weighted by Gasteiger charge is -2.12. The lowest BCUT2D eigenvalue weighted by molar-refractivity contribution is 0.0116. The summed E-state index contributed by atoms with van der Waals surface area (Å²) in [6, 6.07) is 16.2. The van der Waals surface area contributed by atoms with Gasteiger partial charge >= 0.3 is 5.97 Å². The fourth-order valence-electron chi connectivity index (χ4n) is 5.27. The van der Waals surface area contributed by atoms with Gasteiger partial charge in [-0.05, 0) is 84.0 Å². The van der Waals surface area contributed by atoms with Gasteiger partial charge in [0.15, 0.2) is 0 Å². The van der Waals surface area contributed by atoms with Gasteiger partial charge in [0.1, 0.15) is 17.2 Å². The largest absolute Gasteiger partial charge is 0.465 e. The van der Waals surface area contributed by atoms with Gasteiger partial charge < -0.3 is 28.7 Å². The van der Waals surface area contributed by atoms with Crippen LogP contribution in [0, 0.1) is 5.82 Å². The number of esters is 1. The fourth-order valence-corrected chi connectivity index (χ4v) is 6.42. The van der Waals surface area contributed by atoms with E-state index in [9.17, 15) is 22.4 Å². The zero-order valence-electron chi connectivity index (χ0n) is 26.9. The number of furan rings is 1. The Morgan fingerprint density at radius 1 is 0.917 bits per heavy atom. The van der Waals surface area contributed by atoms with Crippen molar-refractivity contribution in [2.75, 3.05) is 53.7 Å². The van der Waals surface area contributed by atoms with Crippen LogP contribution in [0.4, 0.5) is 4.39 Å². The van der Waals surface area contributed by atoms with Crippen LogP contribution in [0.25, 0.3) is 22.3 Å². The number of hydrogen-bond donors (Lipinski definition) is 2. The summed E-state index contributed by atoms with van der Waals surface area (Å²) in [5, 5.41) is 3.23. The predicted molar refractivity (Wildman–Crippen MR) is 177 cm³/mol. The molecule has 48 heavy (non-hydrogen) atoms. The average molecular weight is 683 g/mol. The molecule has 0 bridgehead atoms. The van der Waals surface area contributed by atoms with Crippen LogP contribution < -0.4 is 10.0 Å². The van der Waals surface area contributed by atoms with Gasteiger partial charge in [-0.1, -0.05) is 12.1 Å². The summed E-state index contributed by atoms with van der Waals surface area (Å²) in [7, 11) is -0.854. The molecule has 1 aliphatic carbocycles. The lowest BCUT2D eigenvalue weighted by Crippen LogP contribution is -2.29. The summed E-state index contributed by atoms with van der Waals surface area (Å²) in [6.45, 7) is 2.02. The lowest BCUT2D eigenvalue weighted by atomic mass is 9.98. The van der Waals surface area contributed by atoms with E-state index in [-0.39, 0.29) is 36.7 Å². The molecule has 0 radical (unpaired) electrons. The van der Waals surface area contributed by atoms with Crippen LogP contribution >= 0.6 is 0 Å². The van der Waals surface area contributed by atoms with E-state index in [4.69, 9.17) is 18.6 Å². The minimum atomic E-state index is -3.71. The van der Waals surface area contributed by atoms with Crippen molar-refractivity contribution in [2.24, 2.45) is 0 Å². The molecule has 3 aromatic carbocycles. The highest BCUT2D eigenvalue weighted by Crippen LogP contribution is 2.45. The van der Waals surface area contributed by atoms with Crippen LogP contribution in [-0.4, -0.2) is 74.0 Å². The number of amides is 1. The van der Waals surface area contributed by atoms with Crippen LogP contribution in [-0.2, 0) is 41.3 Å². The van der Waals surface area contributed by atoms with Crippen LogP contribution in [0.3, 0.4) is 0 Å². The molecule has 11 nitrogen and oxygen atoms in total. The summed E-state index contributed by atoms with van der Waals surface area (Å²) < 4.78 is 69.7. The highest BCUT2D eigenvalue weighted by Gasteiger charge is 2.31. The number of rotatable bonds is 18. The summed E-state index contributed by atoms with van der Waals surface area (Å²) in [5.41, 5.74) is 4.12. The first-order chi connectivity index (χ1) is 23.2. The smallest absolute Gasteiger partial charge is 0.337 e. The summed E-state index contributed by atoms with van der Waals surface area (Å²) in [5.74, 6) is -0.908. The second kappa shape index (κ2) is 16.3. The molecule has 0 aliphatic heterocycles. The Morgan fingerprint density at radius 2 is 1.58 bits per heavy atom. The van der Waals surface area contributed by atoms with Crippen LogP contribution in [0.15, 0.2) is 65.1 Å². The maximum absolute atomic E-state index is 13.6. The first kappa shape index (κ1) is 35.2. The van der Waals surface area contributed by atoms with Gasteiger partial charge in [-0.15, -0.1) is 0 Å². The van der Waals surface area contributed by atoms with Crippen molar-refractivity contribution in [3.63, 3.8) is 0 Å². The number of carbonyl (C=O) groups is 2. The van der Waals surface area contributed by atoms with Crippen molar-refractivity contribution >= 4 is 32.9 Å². The Hall–Kier alpha value is -4.14. The Labute approximate surface area is 278 Å². The number of nitrogens with one attached hydrogen (secondary N) is 2. The molecule has 0 unspecified atom stereocenters. The highest BCUT2D eigenvalue weighted by molar-refractivity contribution is 7.88. The molecule has 0 spiro atoms. The second-order valence-electron chi connectivity index (χ2n) is 11.3. The summed E-state index contributed by atoms with van der Waals surface area (Å²) in [4.78, 5) is 24.4. The molecule has 5 rings (SSSR count). The third-order valence-electron chi connectivity index (χ3n) is 7.83. The van der Waals surface area contributed by atoms with Crippen LogP contribution in [0.5, 0.6) is 0 Å². The van der Waals surface area contributed by atoms with Gasteiger partial charge in [-0.25, -0.2) is 22.3 Å². The maximum atomic E-state index is 13.6. The minimum absolute atomic E-state index is 0.0947. The van der Waals surface area contributed by atoms with Gasteiger partial charge in [0.25, 0.3) is 5.91 Å². The van der Waals surface area contributed by atoms with Crippen molar-refractivity contribution in [2.45, 2.75) is 31.1 Å². The van der Waals surface area contributed by atoms with E-state index < -0.39 is 15.8 Å². The fraction of sp³-hybridized carbons (Fsp3) is 0.371. The minimum Gasteiger partial charge on any atom is -0.465 e. The monoisotopic (exact) mass is 682 g/mol. The third kappa shape index (κ3) is 9.26. The van der Waals surface area contributed by atoms with E-state index in [1.807, 2.05) is 6.07 Å². The topological polar surface area (TPSA) is 142 Å². The number of hydrogen-bond acceptors (Lipinski definition) is 9. The van der Waals surface area contributed by atoms with Crippen molar-refractivity contribution < 1.29 is 45.8 Å². The Kier molecular flexibility index (Phi) is 12.0. The molecule has 1 aromatic heterocycles. The van der Waals surface area contributed by atoms with E-state index >= 15 is 0 Å². The molecule has 256 valence electrons. The third-order valence-corrected chi connectivity index (χ3v) is 9.16. The Balaban J connectivity index is 1.08. The van der Waals surface area contributed by atoms with Gasteiger partial charge in [-0.2, -0.15) is 0 Å². The molecular formula is C35H39FN2O9S. The zero-order chi connectivity index (χ0) is 34.1. The van der Waals surface area contributed by atoms with Gasteiger partial charge in [0.05, 0.1) is 63.6 Å². The van der Waals surface area contributed by atoms with E-state index in [1.54, 1.807) is 30.3 Å². The molecular weight excluding hydrogens is 643 g/mol. The van der Waals surface area contributed by atoms with Gasteiger partial charge in [-0.3, -0.25) is 4.79 Å². The molecule has 0 atom stereocenters. The molecule has 2 N–H and O–H groups in total. The van der Waals surface area contributed by atoms with Gasteiger partial charge in [0.2, 0.25) is 10.0 Å². The standard InChI is InChI=1S/C35H39FN2O9S/c1-37-34(39)32-30-20-29(24-7-8-24)27(19-31(30)47-33(32)25-9-11-28(36)12-10-25)22-48(41,42)38-13-14-44-15-16-45-17-18-46-21-23-3-5-26(6-4-23)35(40)43-2/h3-6,9-12,19-20,24,38H,7-8,13-18,21-22H2,1-2H3,(H,37,39). The SMILES string of the molecule is CNC(=O)c1c(-c2ccc(F)cc2)oc2cc(CS(=O)(=O)NCCOCCOCCOCc3ccc(C(=O)OC)cc3)c(C3CC3)cc12. The summed E-state index contributed by atoms with van der Waals surface area (Å²) >= 11 is 0. The second-order valence-corrected chi connectivity index (χ2v) is 13.1. The predicted octanol–water partition coefficient (Wildman–Crippen LogP) is 4.93. The van der Waals surface area contributed by atoms with Crippen LogP contribution in [0.1, 0.15) is 56.2 Å². The molecule has 4 aromatic rings. The van der Waals surface area contributed by atoms with E-state index in [0.717, 1.165) is 24.0 Å².